The van der Waals surface area contributed by atoms with Gasteiger partial charge in [0.25, 0.3) is 0 Å². The first-order valence-electron chi connectivity index (χ1n) is 6.15. The number of benzene rings is 1. The number of urea groups is 1. The molecule has 0 unspecified atom stereocenters. The van der Waals surface area contributed by atoms with Gasteiger partial charge in [0.15, 0.2) is 0 Å². The Morgan fingerprint density at radius 2 is 1.94 bits per heavy atom. The molecule has 0 saturated carbocycles. The minimum atomic E-state index is -0.0724. The van der Waals surface area contributed by atoms with Crippen molar-refractivity contribution in [3.8, 4) is 0 Å². The first-order chi connectivity index (χ1) is 8.27. The van der Waals surface area contributed by atoms with E-state index in [0.29, 0.717) is 0 Å². The predicted molar refractivity (Wildman–Crippen MR) is 69.2 cm³/mol. The maximum absolute atomic E-state index is 11.9. The van der Waals surface area contributed by atoms with E-state index in [9.17, 15) is 4.79 Å². The lowest BCUT2D eigenvalue weighted by Gasteiger charge is -2.37. The Bertz CT molecular complexity index is 444. The van der Waals surface area contributed by atoms with Crippen LogP contribution in [0, 0.1) is 0 Å². The molecule has 0 atom stereocenters. The fourth-order valence-corrected chi connectivity index (χ4v) is 2.81. The number of amides is 2. The van der Waals surface area contributed by atoms with Gasteiger partial charge in [-0.1, -0.05) is 18.2 Å². The fraction of sp³-hybridized carbons (Fsp3) is 0.462. The van der Waals surface area contributed by atoms with Crippen molar-refractivity contribution in [3.05, 3.63) is 29.8 Å². The highest BCUT2D eigenvalue weighted by Gasteiger charge is 2.36. The molecule has 1 fully saturated rings. The molecule has 3 N–H and O–H groups in total. The Balaban J connectivity index is 0.00000120. The van der Waals surface area contributed by atoms with Crippen LogP contribution in [0.4, 0.5) is 10.5 Å². The average molecular weight is 233 g/mol. The highest BCUT2D eigenvalue weighted by Crippen LogP contribution is 2.29. The summed E-state index contributed by atoms with van der Waals surface area (Å²) in [6.07, 6.45) is 2.91. The van der Waals surface area contributed by atoms with E-state index in [4.69, 9.17) is 0 Å². The summed E-state index contributed by atoms with van der Waals surface area (Å²) in [7, 11) is 0. The fourth-order valence-electron chi connectivity index (χ4n) is 2.81. The number of hydrogen-bond donors (Lipinski definition) is 3. The third-order valence-corrected chi connectivity index (χ3v) is 3.73. The summed E-state index contributed by atoms with van der Waals surface area (Å²) < 4.78 is 0. The SMILES string of the molecule is O=C1Nc2ccccc2CC2(CCNCC2)N1.[HH]. The van der Waals surface area contributed by atoms with Crippen molar-refractivity contribution in [1.29, 1.82) is 0 Å². The Morgan fingerprint density at radius 3 is 2.76 bits per heavy atom. The molecule has 1 spiro atoms. The van der Waals surface area contributed by atoms with Gasteiger partial charge in [-0.15, -0.1) is 0 Å². The molecule has 4 heteroatoms. The molecule has 2 heterocycles. The van der Waals surface area contributed by atoms with Crippen molar-refractivity contribution in [2.45, 2.75) is 24.8 Å². The van der Waals surface area contributed by atoms with E-state index in [1.165, 1.54) is 5.56 Å². The number of piperidine rings is 1. The van der Waals surface area contributed by atoms with E-state index in [1.807, 2.05) is 18.2 Å². The summed E-state index contributed by atoms with van der Waals surface area (Å²) in [5, 5.41) is 9.42. The number of nitrogens with one attached hydrogen (secondary N) is 3. The summed E-state index contributed by atoms with van der Waals surface area (Å²) in [6, 6.07) is 7.99. The van der Waals surface area contributed by atoms with Gasteiger partial charge >= 0.3 is 6.03 Å². The van der Waals surface area contributed by atoms with Crippen molar-refractivity contribution in [2.24, 2.45) is 0 Å². The summed E-state index contributed by atoms with van der Waals surface area (Å²) >= 11 is 0. The Kier molecular flexibility index (Phi) is 2.52. The molecule has 17 heavy (non-hydrogen) atoms. The van der Waals surface area contributed by atoms with Crippen LogP contribution in [0.5, 0.6) is 0 Å². The minimum Gasteiger partial charge on any atom is -0.332 e. The second-order valence-corrected chi connectivity index (χ2v) is 4.94. The van der Waals surface area contributed by atoms with Crippen molar-refractivity contribution < 1.29 is 6.22 Å². The summed E-state index contributed by atoms with van der Waals surface area (Å²) in [6.45, 7) is 1.95. The zero-order valence-electron chi connectivity index (χ0n) is 9.75. The molecule has 0 aliphatic carbocycles. The molecule has 1 aromatic carbocycles. The van der Waals surface area contributed by atoms with Crippen molar-refractivity contribution >= 4 is 11.7 Å². The molecule has 2 amide bonds. The number of carbonyl (C=O) groups excluding carboxylic acids is 1. The second kappa shape index (κ2) is 4.04. The highest BCUT2D eigenvalue weighted by molar-refractivity contribution is 5.91. The monoisotopic (exact) mass is 233 g/mol. The first-order valence-corrected chi connectivity index (χ1v) is 6.15. The molecule has 2 aliphatic heterocycles. The summed E-state index contributed by atoms with van der Waals surface area (Å²) in [5.41, 5.74) is 2.11. The lowest BCUT2D eigenvalue weighted by Crippen LogP contribution is -2.55. The summed E-state index contributed by atoms with van der Waals surface area (Å²) in [5.74, 6) is 0. The molecular weight excluding hydrogens is 214 g/mol. The van der Waals surface area contributed by atoms with Crippen LogP contribution >= 0.6 is 0 Å². The van der Waals surface area contributed by atoms with Crippen LogP contribution in [0.25, 0.3) is 0 Å². The lowest BCUT2D eigenvalue weighted by molar-refractivity contribution is 0.218. The van der Waals surface area contributed by atoms with E-state index in [0.717, 1.165) is 38.0 Å². The van der Waals surface area contributed by atoms with Gasteiger partial charge in [0.2, 0.25) is 0 Å². The number of rotatable bonds is 0. The number of hydrogen-bond acceptors (Lipinski definition) is 2. The quantitative estimate of drug-likeness (QED) is 0.639. The predicted octanol–water partition coefficient (Wildman–Crippen LogP) is 1.73. The van der Waals surface area contributed by atoms with Crippen LogP contribution in [0.1, 0.15) is 19.8 Å². The molecule has 0 bridgehead atoms. The molecule has 0 aromatic heterocycles. The van der Waals surface area contributed by atoms with Crippen LogP contribution in [-0.2, 0) is 6.42 Å². The molecule has 1 saturated heterocycles. The largest absolute Gasteiger partial charge is 0.332 e. The van der Waals surface area contributed by atoms with Gasteiger partial charge in [-0.2, -0.15) is 0 Å². The van der Waals surface area contributed by atoms with Crippen LogP contribution in [-0.4, -0.2) is 24.7 Å². The molecule has 4 nitrogen and oxygen atoms in total. The topological polar surface area (TPSA) is 53.2 Å². The highest BCUT2D eigenvalue weighted by atomic mass is 16.2. The van der Waals surface area contributed by atoms with Gasteiger partial charge in [0.05, 0.1) is 0 Å². The maximum Gasteiger partial charge on any atom is 0.319 e. The van der Waals surface area contributed by atoms with Gasteiger partial charge in [0, 0.05) is 12.7 Å². The van der Waals surface area contributed by atoms with Crippen LogP contribution in [0.15, 0.2) is 24.3 Å². The number of para-hydroxylation sites is 1. The van der Waals surface area contributed by atoms with E-state index >= 15 is 0 Å². The molecular formula is C13H19N3O. The number of fused-ring (bicyclic) bond motifs is 1. The van der Waals surface area contributed by atoms with Crippen molar-refractivity contribution in [1.82, 2.24) is 10.6 Å². The molecule has 3 rings (SSSR count). The van der Waals surface area contributed by atoms with Crippen LogP contribution in [0.3, 0.4) is 0 Å². The molecule has 1 aromatic rings. The van der Waals surface area contributed by atoms with E-state index in [-0.39, 0.29) is 13.0 Å². The number of anilines is 1. The smallest absolute Gasteiger partial charge is 0.319 e. The van der Waals surface area contributed by atoms with Crippen molar-refractivity contribution in [3.63, 3.8) is 0 Å². The van der Waals surface area contributed by atoms with Crippen molar-refractivity contribution in [2.75, 3.05) is 18.4 Å². The lowest BCUT2D eigenvalue weighted by atomic mass is 9.82. The Morgan fingerprint density at radius 1 is 1.18 bits per heavy atom. The minimum absolute atomic E-state index is 0. The van der Waals surface area contributed by atoms with Crippen LogP contribution in [0.2, 0.25) is 0 Å². The maximum atomic E-state index is 11.9. The molecule has 2 aliphatic rings. The first kappa shape index (κ1) is 10.6. The zero-order chi connectivity index (χ0) is 11.7. The van der Waals surface area contributed by atoms with E-state index in [1.54, 1.807) is 0 Å². The van der Waals surface area contributed by atoms with Gasteiger partial charge in [-0.3, -0.25) is 0 Å². The van der Waals surface area contributed by atoms with Gasteiger partial charge in [-0.05, 0) is 44.0 Å². The third-order valence-electron chi connectivity index (χ3n) is 3.73. The molecule has 92 valence electrons. The number of carbonyl (C=O) groups is 1. The third kappa shape index (κ3) is 2.00. The summed E-state index contributed by atoms with van der Waals surface area (Å²) in [4.78, 5) is 11.9. The standard InChI is InChI=1S/C13H17N3O.H2/c17-12-15-11-4-2-1-3-10(11)9-13(16-12)5-7-14-8-6-13;/h1-4,14H,5-9H2,(H2,15,16,17);1H. The second-order valence-electron chi connectivity index (χ2n) is 4.94. The van der Waals surface area contributed by atoms with E-state index in [2.05, 4.69) is 22.0 Å². The van der Waals surface area contributed by atoms with Gasteiger partial charge in [-0.25, -0.2) is 4.79 Å². The van der Waals surface area contributed by atoms with E-state index < -0.39 is 0 Å². The van der Waals surface area contributed by atoms with Crippen LogP contribution < -0.4 is 16.0 Å². The Labute approximate surface area is 102 Å². The molecule has 0 radical (unpaired) electrons. The average Bonchev–Trinajstić information content (AvgIpc) is 2.45. The normalized spacial score (nSPS) is 22.2. The van der Waals surface area contributed by atoms with Gasteiger partial charge < -0.3 is 16.0 Å². The van der Waals surface area contributed by atoms with Gasteiger partial charge in [0.1, 0.15) is 0 Å². The Hall–Kier alpha value is -1.55. The zero-order valence-corrected chi connectivity index (χ0v) is 9.75.